The Hall–Kier alpha value is -2.04. The lowest BCUT2D eigenvalue weighted by Gasteiger charge is -2.23. The first-order chi connectivity index (χ1) is 10.5. The molecule has 112 valence electrons. The van der Waals surface area contributed by atoms with Gasteiger partial charge < -0.3 is 10.1 Å². The molecule has 3 rings (SSSR count). The van der Waals surface area contributed by atoms with Gasteiger partial charge in [0, 0.05) is 11.4 Å². The summed E-state index contributed by atoms with van der Waals surface area (Å²) in [4.78, 5) is 24.2. The standard InChI is InChI=1S/C16H11Cl2NO3/c17-10-5-6-13(12(18)8-10)19-15(20)14-7-9-3-1-2-4-11(9)16(21)22-14/h1-6,8,14H,7H2,(H,19,20)/t14-/m0/s1. The molecule has 1 amide bonds. The predicted octanol–water partition coefficient (Wildman–Crippen LogP) is 3.71. The number of ether oxygens (including phenoxy) is 1. The minimum atomic E-state index is -0.880. The molecule has 0 bridgehead atoms. The van der Waals surface area contributed by atoms with Gasteiger partial charge in [0.25, 0.3) is 5.91 Å². The third kappa shape index (κ3) is 2.93. The topological polar surface area (TPSA) is 55.4 Å². The fraction of sp³-hybridized carbons (Fsp3) is 0.125. The molecule has 2 aromatic rings. The maximum atomic E-state index is 12.3. The molecular weight excluding hydrogens is 325 g/mol. The molecule has 1 N–H and O–H groups in total. The maximum Gasteiger partial charge on any atom is 0.339 e. The molecule has 0 fully saturated rings. The van der Waals surface area contributed by atoms with Gasteiger partial charge in [-0.05, 0) is 29.8 Å². The molecule has 1 aliphatic rings. The summed E-state index contributed by atoms with van der Waals surface area (Å²) in [6, 6.07) is 11.8. The van der Waals surface area contributed by atoms with Crippen LogP contribution in [0.4, 0.5) is 5.69 Å². The lowest BCUT2D eigenvalue weighted by molar-refractivity contribution is -0.125. The average molecular weight is 336 g/mol. The van der Waals surface area contributed by atoms with E-state index < -0.39 is 18.0 Å². The first-order valence-corrected chi connectivity index (χ1v) is 7.35. The molecule has 1 atom stereocenters. The van der Waals surface area contributed by atoms with Crippen LogP contribution < -0.4 is 5.32 Å². The molecule has 0 saturated heterocycles. The minimum absolute atomic E-state index is 0.323. The van der Waals surface area contributed by atoms with E-state index in [0.717, 1.165) is 5.56 Å². The van der Waals surface area contributed by atoms with Gasteiger partial charge in [-0.25, -0.2) is 4.79 Å². The maximum absolute atomic E-state index is 12.3. The Morgan fingerprint density at radius 2 is 1.95 bits per heavy atom. The highest BCUT2D eigenvalue weighted by Gasteiger charge is 2.31. The summed E-state index contributed by atoms with van der Waals surface area (Å²) in [5, 5.41) is 3.45. The number of nitrogens with one attached hydrogen (secondary N) is 1. The fourth-order valence-electron chi connectivity index (χ4n) is 2.28. The van der Waals surface area contributed by atoms with Crippen LogP contribution >= 0.6 is 23.2 Å². The summed E-state index contributed by atoms with van der Waals surface area (Å²) >= 11 is 11.8. The number of rotatable bonds is 2. The number of fused-ring (bicyclic) bond motifs is 1. The quantitative estimate of drug-likeness (QED) is 0.851. The van der Waals surface area contributed by atoms with Crippen molar-refractivity contribution >= 4 is 40.8 Å². The number of carbonyl (C=O) groups excluding carboxylic acids is 2. The lowest BCUT2D eigenvalue weighted by Crippen LogP contribution is -2.38. The van der Waals surface area contributed by atoms with Crippen LogP contribution in [0.25, 0.3) is 0 Å². The number of hydrogen-bond donors (Lipinski definition) is 1. The van der Waals surface area contributed by atoms with Gasteiger partial charge in [-0.3, -0.25) is 4.79 Å². The molecule has 2 aromatic carbocycles. The van der Waals surface area contributed by atoms with E-state index in [1.165, 1.54) is 6.07 Å². The molecule has 1 heterocycles. The van der Waals surface area contributed by atoms with E-state index in [2.05, 4.69) is 5.32 Å². The Labute approximate surface area is 137 Å². The summed E-state index contributed by atoms with van der Waals surface area (Å²) in [7, 11) is 0. The summed E-state index contributed by atoms with van der Waals surface area (Å²) in [5.74, 6) is -0.920. The second kappa shape index (κ2) is 5.99. The molecule has 0 spiro atoms. The van der Waals surface area contributed by atoms with E-state index in [-0.39, 0.29) is 0 Å². The average Bonchev–Trinajstić information content (AvgIpc) is 2.50. The van der Waals surface area contributed by atoms with Gasteiger partial charge in [0.2, 0.25) is 0 Å². The van der Waals surface area contributed by atoms with E-state index >= 15 is 0 Å². The summed E-state index contributed by atoms with van der Waals surface area (Å²) < 4.78 is 5.19. The van der Waals surface area contributed by atoms with E-state index in [0.29, 0.717) is 27.7 Å². The zero-order chi connectivity index (χ0) is 15.7. The molecule has 0 radical (unpaired) electrons. The molecule has 0 unspecified atom stereocenters. The molecule has 0 aliphatic carbocycles. The first-order valence-electron chi connectivity index (χ1n) is 6.59. The van der Waals surface area contributed by atoms with Gasteiger partial charge in [-0.2, -0.15) is 0 Å². The van der Waals surface area contributed by atoms with Crippen LogP contribution in [0.2, 0.25) is 10.0 Å². The Balaban J connectivity index is 1.78. The molecule has 0 aromatic heterocycles. The van der Waals surface area contributed by atoms with Crippen LogP contribution in [0.3, 0.4) is 0 Å². The van der Waals surface area contributed by atoms with Crippen molar-refractivity contribution in [1.29, 1.82) is 0 Å². The van der Waals surface area contributed by atoms with Crippen LogP contribution in [0.15, 0.2) is 42.5 Å². The van der Waals surface area contributed by atoms with E-state index in [1.807, 2.05) is 12.1 Å². The van der Waals surface area contributed by atoms with Crippen molar-refractivity contribution in [3.63, 3.8) is 0 Å². The number of carbonyl (C=O) groups is 2. The Morgan fingerprint density at radius 1 is 1.18 bits per heavy atom. The molecule has 0 saturated carbocycles. The van der Waals surface area contributed by atoms with Crippen LogP contribution in [-0.2, 0) is 16.0 Å². The molecule has 6 heteroatoms. The van der Waals surface area contributed by atoms with Crippen LogP contribution in [0.5, 0.6) is 0 Å². The van der Waals surface area contributed by atoms with E-state index in [4.69, 9.17) is 27.9 Å². The van der Waals surface area contributed by atoms with E-state index in [9.17, 15) is 9.59 Å². The highest BCUT2D eigenvalue weighted by molar-refractivity contribution is 6.36. The first kappa shape index (κ1) is 14.9. The monoisotopic (exact) mass is 335 g/mol. The molecule has 1 aliphatic heterocycles. The van der Waals surface area contributed by atoms with Gasteiger partial charge >= 0.3 is 5.97 Å². The second-order valence-corrected chi connectivity index (χ2v) is 5.71. The summed E-state index contributed by atoms with van der Waals surface area (Å²) in [5.41, 5.74) is 1.71. The Morgan fingerprint density at radius 3 is 2.73 bits per heavy atom. The van der Waals surface area contributed by atoms with Crippen molar-refractivity contribution in [2.75, 3.05) is 5.32 Å². The Kier molecular flexibility index (Phi) is 4.05. The number of hydrogen-bond acceptors (Lipinski definition) is 3. The molecule has 22 heavy (non-hydrogen) atoms. The highest BCUT2D eigenvalue weighted by atomic mass is 35.5. The number of halogens is 2. The van der Waals surface area contributed by atoms with Gasteiger partial charge in [-0.15, -0.1) is 0 Å². The predicted molar refractivity (Wildman–Crippen MR) is 84.4 cm³/mol. The smallest absolute Gasteiger partial charge is 0.339 e. The number of esters is 1. The van der Waals surface area contributed by atoms with Gasteiger partial charge in [0.1, 0.15) is 0 Å². The number of amides is 1. The number of anilines is 1. The third-order valence-corrected chi connectivity index (χ3v) is 3.92. The van der Waals surface area contributed by atoms with Crippen molar-refractivity contribution in [3.05, 3.63) is 63.6 Å². The highest BCUT2D eigenvalue weighted by Crippen LogP contribution is 2.27. The lowest BCUT2D eigenvalue weighted by atomic mass is 9.98. The van der Waals surface area contributed by atoms with Crippen LogP contribution in [0, 0.1) is 0 Å². The minimum Gasteiger partial charge on any atom is -0.448 e. The zero-order valence-electron chi connectivity index (χ0n) is 11.3. The SMILES string of the molecule is O=C1O[C@H](C(=O)Nc2ccc(Cl)cc2Cl)Cc2ccccc21. The van der Waals surface area contributed by atoms with Crippen molar-refractivity contribution < 1.29 is 14.3 Å². The van der Waals surface area contributed by atoms with Crippen molar-refractivity contribution in [2.45, 2.75) is 12.5 Å². The molecule has 4 nitrogen and oxygen atoms in total. The summed E-state index contributed by atoms with van der Waals surface area (Å²) in [6.45, 7) is 0. The van der Waals surface area contributed by atoms with Gasteiger partial charge in [0.05, 0.1) is 16.3 Å². The second-order valence-electron chi connectivity index (χ2n) is 4.87. The van der Waals surface area contributed by atoms with E-state index in [1.54, 1.807) is 24.3 Å². The molecular formula is C16H11Cl2NO3. The normalized spacial score (nSPS) is 16.6. The van der Waals surface area contributed by atoms with Gasteiger partial charge in [0.15, 0.2) is 6.10 Å². The number of cyclic esters (lactones) is 1. The van der Waals surface area contributed by atoms with Gasteiger partial charge in [-0.1, -0.05) is 41.4 Å². The van der Waals surface area contributed by atoms with Crippen LogP contribution in [0.1, 0.15) is 15.9 Å². The largest absolute Gasteiger partial charge is 0.448 e. The Bertz CT molecular complexity index is 761. The van der Waals surface area contributed by atoms with Crippen molar-refractivity contribution in [1.82, 2.24) is 0 Å². The third-order valence-electron chi connectivity index (χ3n) is 3.37. The zero-order valence-corrected chi connectivity index (χ0v) is 12.8. The fourth-order valence-corrected chi connectivity index (χ4v) is 2.74. The van der Waals surface area contributed by atoms with Crippen LogP contribution in [-0.4, -0.2) is 18.0 Å². The van der Waals surface area contributed by atoms with Crippen molar-refractivity contribution in [3.8, 4) is 0 Å². The number of benzene rings is 2. The summed E-state index contributed by atoms with van der Waals surface area (Å²) in [6.07, 6.45) is -0.548. The van der Waals surface area contributed by atoms with Crippen molar-refractivity contribution in [2.24, 2.45) is 0 Å².